The van der Waals surface area contributed by atoms with Crippen LogP contribution in [0, 0.1) is 12.8 Å². The Morgan fingerprint density at radius 2 is 2.11 bits per heavy atom. The van der Waals surface area contributed by atoms with Crippen LogP contribution in [0.15, 0.2) is 24.3 Å². The predicted octanol–water partition coefficient (Wildman–Crippen LogP) is 1.98. The van der Waals surface area contributed by atoms with Crippen LogP contribution < -0.4 is 10.6 Å². The highest BCUT2D eigenvalue weighted by molar-refractivity contribution is 6.09. The molecule has 8 heteroatoms. The second kappa shape index (κ2) is 8.00. The number of carbonyl (C=O) groups excluding carboxylic acids is 4. The molecule has 0 aromatic heterocycles. The number of aryl methyl sites for hydroxylation is 1. The maximum atomic E-state index is 12.8. The van der Waals surface area contributed by atoms with Gasteiger partial charge in [-0.25, -0.2) is 4.79 Å². The lowest BCUT2D eigenvalue weighted by atomic mass is 9.73. The molecule has 8 nitrogen and oxygen atoms in total. The number of hydrogen-bond acceptors (Lipinski definition) is 5. The summed E-state index contributed by atoms with van der Waals surface area (Å²) in [5, 5.41) is 5.40. The van der Waals surface area contributed by atoms with Gasteiger partial charge in [0, 0.05) is 5.69 Å². The normalized spacial score (nSPS) is 24.2. The third-order valence-corrected chi connectivity index (χ3v) is 5.45. The topological polar surface area (TPSA) is 105 Å². The van der Waals surface area contributed by atoms with Gasteiger partial charge in [-0.15, -0.1) is 0 Å². The van der Waals surface area contributed by atoms with Gasteiger partial charge in [-0.3, -0.25) is 19.3 Å². The first kappa shape index (κ1) is 19.9. The van der Waals surface area contributed by atoms with Crippen molar-refractivity contribution >= 4 is 29.5 Å². The summed E-state index contributed by atoms with van der Waals surface area (Å²) in [5.74, 6) is -1.67. The number of hydrogen-bond donors (Lipinski definition) is 2. The molecule has 4 amide bonds. The van der Waals surface area contributed by atoms with Crippen LogP contribution in [0.3, 0.4) is 0 Å². The molecule has 1 spiro atoms. The third kappa shape index (κ3) is 4.00. The van der Waals surface area contributed by atoms with Gasteiger partial charge in [-0.05, 0) is 43.4 Å². The highest BCUT2D eigenvalue weighted by atomic mass is 16.5. The Bertz CT molecular complexity index is 809. The molecular formula is C20H25N3O5. The molecule has 150 valence electrons. The Balaban J connectivity index is 1.52. The van der Waals surface area contributed by atoms with Crippen molar-refractivity contribution in [3.63, 3.8) is 0 Å². The fourth-order valence-electron chi connectivity index (χ4n) is 3.88. The molecule has 1 aliphatic heterocycles. The monoisotopic (exact) mass is 387 g/mol. The summed E-state index contributed by atoms with van der Waals surface area (Å²) < 4.78 is 4.94. The number of ether oxygens (including phenoxy) is 1. The number of anilines is 1. The van der Waals surface area contributed by atoms with E-state index in [1.807, 2.05) is 19.9 Å². The Hall–Kier alpha value is -2.90. The minimum Gasteiger partial charge on any atom is -0.454 e. The molecule has 1 aliphatic carbocycles. The fraction of sp³-hybridized carbons (Fsp3) is 0.500. The van der Waals surface area contributed by atoms with E-state index >= 15 is 0 Å². The van der Waals surface area contributed by atoms with Crippen molar-refractivity contribution in [2.45, 2.75) is 45.1 Å². The van der Waals surface area contributed by atoms with E-state index in [-0.39, 0.29) is 11.8 Å². The summed E-state index contributed by atoms with van der Waals surface area (Å²) in [7, 11) is 0. The van der Waals surface area contributed by atoms with Gasteiger partial charge in [-0.2, -0.15) is 0 Å². The molecule has 0 unspecified atom stereocenters. The molecule has 0 bridgehead atoms. The lowest BCUT2D eigenvalue weighted by Crippen LogP contribution is -2.54. The smallest absolute Gasteiger partial charge is 0.326 e. The zero-order valence-corrected chi connectivity index (χ0v) is 16.1. The largest absolute Gasteiger partial charge is 0.454 e. The van der Waals surface area contributed by atoms with Crippen molar-refractivity contribution in [2.24, 2.45) is 5.92 Å². The van der Waals surface area contributed by atoms with E-state index in [1.165, 1.54) is 0 Å². The van der Waals surface area contributed by atoms with Gasteiger partial charge < -0.3 is 15.4 Å². The van der Waals surface area contributed by atoms with Crippen LogP contribution in [-0.2, 0) is 19.1 Å². The van der Waals surface area contributed by atoms with E-state index in [1.54, 1.807) is 18.2 Å². The van der Waals surface area contributed by atoms with Gasteiger partial charge in [0.15, 0.2) is 6.61 Å². The van der Waals surface area contributed by atoms with Crippen molar-refractivity contribution in [1.82, 2.24) is 10.2 Å². The van der Waals surface area contributed by atoms with Crippen LogP contribution in [0.25, 0.3) is 0 Å². The minimum absolute atomic E-state index is 0.0128. The lowest BCUT2D eigenvalue weighted by Gasteiger charge is -2.36. The highest BCUT2D eigenvalue weighted by Gasteiger charge is 2.55. The Labute approximate surface area is 163 Å². The van der Waals surface area contributed by atoms with Crippen molar-refractivity contribution < 1.29 is 23.9 Å². The van der Waals surface area contributed by atoms with E-state index in [4.69, 9.17) is 4.74 Å². The third-order valence-electron chi connectivity index (χ3n) is 5.45. The number of nitrogens with one attached hydrogen (secondary N) is 2. The molecule has 1 saturated heterocycles. The second-order valence-electron chi connectivity index (χ2n) is 7.52. The molecule has 2 atom stereocenters. The van der Waals surface area contributed by atoms with Crippen LogP contribution in [0.5, 0.6) is 0 Å². The number of esters is 1. The SMILES string of the molecule is Cc1cccc(NC(=O)COC(=O)CN2C(=O)N[C@@]3(CCCC[C@H]3C)C2=O)c1. The summed E-state index contributed by atoms with van der Waals surface area (Å²) in [6, 6.07) is 6.63. The standard InChI is InChI=1S/C20H25N3O5/c1-13-6-5-8-15(10-13)21-16(24)12-28-17(25)11-23-18(26)20(22-19(23)27)9-4-3-7-14(20)2/h5-6,8,10,14H,3-4,7,9,11-12H2,1-2H3,(H,21,24)(H,22,27)/t14-,20-/m1/s1. The van der Waals surface area contributed by atoms with Gasteiger partial charge in [0.1, 0.15) is 12.1 Å². The quantitative estimate of drug-likeness (QED) is 0.594. The molecule has 2 N–H and O–H groups in total. The Kier molecular flexibility index (Phi) is 5.67. The maximum absolute atomic E-state index is 12.8. The average Bonchev–Trinajstić information content (AvgIpc) is 2.88. The Morgan fingerprint density at radius 3 is 2.82 bits per heavy atom. The molecule has 2 aliphatic rings. The van der Waals surface area contributed by atoms with E-state index in [0.29, 0.717) is 12.1 Å². The minimum atomic E-state index is -0.918. The predicted molar refractivity (Wildman–Crippen MR) is 101 cm³/mol. The molecule has 2 fully saturated rings. The second-order valence-corrected chi connectivity index (χ2v) is 7.52. The molecule has 1 saturated carbocycles. The van der Waals surface area contributed by atoms with Gasteiger partial charge in [0.2, 0.25) is 0 Å². The van der Waals surface area contributed by atoms with Crippen LogP contribution in [0.4, 0.5) is 10.5 Å². The van der Waals surface area contributed by atoms with Crippen LogP contribution in [0.1, 0.15) is 38.2 Å². The molecule has 0 radical (unpaired) electrons. The first-order valence-electron chi connectivity index (χ1n) is 9.48. The summed E-state index contributed by atoms with van der Waals surface area (Å²) in [5.41, 5.74) is 0.667. The van der Waals surface area contributed by atoms with Crippen molar-refractivity contribution in [1.29, 1.82) is 0 Å². The zero-order valence-electron chi connectivity index (χ0n) is 16.1. The molecular weight excluding hydrogens is 362 g/mol. The number of imide groups is 1. The summed E-state index contributed by atoms with van der Waals surface area (Å²) in [4.78, 5) is 50.0. The summed E-state index contributed by atoms with van der Waals surface area (Å²) in [6.45, 7) is 2.84. The fourth-order valence-corrected chi connectivity index (χ4v) is 3.88. The molecule has 3 rings (SSSR count). The molecule has 1 aromatic rings. The summed E-state index contributed by atoms with van der Waals surface area (Å²) >= 11 is 0. The average molecular weight is 387 g/mol. The van der Waals surface area contributed by atoms with E-state index in [2.05, 4.69) is 10.6 Å². The number of urea groups is 1. The number of carbonyl (C=O) groups is 4. The maximum Gasteiger partial charge on any atom is 0.326 e. The van der Waals surface area contributed by atoms with Gasteiger partial charge in [0.25, 0.3) is 11.8 Å². The van der Waals surface area contributed by atoms with Crippen molar-refractivity contribution in [3.8, 4) is 0 Å². The first-order valence-corrected chi connectivity index (χ1v) is 9.48. The molecule has 1 aromatic carbocycles. The number of nitrogens with zero attached hydrogens (tertiary/aromatic N) is 1. The van der Waals surface area contributed by atoms with Crippen LogP contribution in [0.2, 0.25) is 0 Å². The van der Waals surface area contributed by atoms with Gasteiger partial charge in [-0.1, -0.05) is 31.9 Å². The van der Waals surface area contributed by atoms with Crippen molar-refractivity contribution in [3.05, 3.63) is 29.8 Å². The molecule has 28 heavy (non-hydrogen) atoms. The van der Waals surface area contributed by atoms with Crippen LogP contribution >= 0.6 is 0 Å². The summed E-state index contributed by atoms with van der Waals surface area (Å²) in [6.07, 6.45) is 3.30. The van der Waals surface area contributed by atoms with Gasteiger partial charge in [0.05, 0.1) is 0 Å². The van der Waals surface area contributed by atoms with E-state index in [0.717, 1.165) is 29.7 Å². The first-order chi connectivity index (χ1) is 13.3. The van der Waals surface area contributed by atoms with Crippen LogP contribution in [-0.4, -0.2) is 47.4 Å². The highest BCUT2D eigenvalue weighted by Crippen LogP contribution is 2.38. The van der Waals surface area contributed by atoms with E-state index in [9.17, 15) is 19.2 Å². The Morgan fingerprint density at radius 1 is 1.32 bits per heavy atom. The van der Waals surface area contributed by atoms with Crippen molar-refractivity contribution in [2.75, 3.05) is 18.5 Å². The number of benzene rings is 1. The van der Waals surface area contributed by atoms with Gasteiger partial charge >= 0.3 is 12.0 Å². The number of amides is 4. The zero-order chi connectivity index (χ0) is 20.3. The lowest BCUT2D eigenvalue weighted by molar-refractivity contribution is -0.150. The molecule has 1 heterocycles. The number of rotatable bonds is 5. The van der Waals surface area contributed by atoms with E-state index < -0.39 is 36.6 Å².